The first-order valence-corrected chi connectivity index (χ1v) is 5.50. The van der Waals surface area contributed by atoms with Crippen molar-refractivity contribution in [3.63, 3.8) is 0 Å². The highest BCUT2D eigenvalue weighted by Gasteiger charge is 2.14. The lowest BCUT2D eigenvalue weighted by atomic mass is 10.0. The maximum Gasteiger partial charge on any atom is 0.215 e. The maximum absolute atomic E-state index is 12.1. The summed E-state index contributed by atoms with van der Waals surface area (Å²) in [6.45, 7) is 2.00. The lowest BCUT2D eigenvalue weighted by Crippen LogP contribution is -2.04. The fourth-order valence-corrected chi connectivity index (χ4v) is 1.62. The number of phenols is 1. The van der Waals surface area contributed by atoms with Gasteiger partial charge in [0.05, 0.1) is 5.56 Å². The van der Waals surface area contributed by atoms with Crippen LogP contribution in [0.25, 0.3) is 0 Å². The van der Waals surface area contributed by atoms with E-state index in [9.17, 15) is 9.90 Å². The number of carbonyl (C=O) groups is 1. The van der Waals surface area contributed by atoms with E-state index in [1.165, 1.54) is 0 Å². The molecule has 1 N–H and O–H groups in total. The molecule has 1 aromatic heterocycles. The molecule has 86 valence electrons. The van der Waals surface area contributed by atoms with E-state index < -0.39 is 0 Å². The number of aromatic hydroxyl groups is 1. The summed E-state index contributed by atoms with van der Waals surface area (Å²) in [6.07, 6.45) is 2.39. The Morgan fingerprint density at radius 2 is 2.12 bits per heavy atom. The van der Waals surface area contributed by atoms with Gasteiger partial charge in [0.2, 0.25) is 5.78 Å². The lowest BCUT2D eigenvalue weighted by molar-refractivity contribution is 0.103. The molecule has 17 heavy (non-hydrogen) atoms. The number of pyridine rings is 1. The predicted octanol–water partition coefficient (Wildman–Crippen LogP) is 2.58. The van der Waals surface area contributed by atoms with Crippen LogP contribution in [0.2, 0.25) is 0 Å². The molecule has 3 nitrogen and oxygen atoms in total. The molecule has 0 spiro atoms. The fourth-order valence-electron chi connectivity index (χ4n) is 1.62. The van der Waals surface area contributed by atoms with Crippen molar-refractivity contribution in [1.29, 1.82) is 0 Å². The van der Waals surface area contributed by atoms with Gasteiger partial charge in [-0.1, -0.05) is 19.1 Å². The summed E-state index contributed by atoms with van der Waals surface area (Å²) >= 11 is 0. The largest absolute Gasteiger partial charge is 0.507 e. The molecule has 2 aromatic rings. The van der Waals surface area contributed by atoms with Gasteiger partial charge in [-0.05, 0) is 36.2 Å². The van der Waals surface area contributed by atoms with E-state index in [0.29, 0.717) is 11.3 Å². The average Bonchev–Trinajstić information content (AvgIpc) is 2.39. The van der Waals surface area contributed by atoms with Crippen molar-refractivity contribution in [1.82, 2.24) is 4.98 Å². The molecule has 0 unspecified atom stereocenters. The first-order valence-electron chi connectivity index (χ1n) is 5.50. The van der Waals surface area contributed by atoms with Crippen LogP contribution in [-0.2, 0) is 6.42 Å². The van der Waals surface area contributed by atoms with E-state index in [0.717, 1.165) is 12.0 Å². The van der Waals surface area contributed by atoms with Gasteiger partial charge in [0.1, 0.15) is 11.4 Å². The Bertz CT molecular complexity index is 535. The number of benzene rings is 1. The molecule has 1 heterocycles. The van der Waals surface area contributed by atoms with Crippen molar-refractivity contribution in [3.8, 4) is 5.75 Å². The van der Waals surface area contributed by atoms with Gasteiger partial charge in [-0.15, -0.1) is 0 Å². The van der Waals surface area contributed by atoms with Gasteiger partial charge < -0.3 is 5.11 Å². The lowest BCUT2D eigenvalue weighted by Gasteiger charge is -2.05. The van der Waals surface area contributed by atoms with Crippen LogP contribution < -0.4 is 0 Å². The number of ketones is 1. The minimum absolute atomic E-state index is 0.00199. The van der Waals surface area contributed by atoms with Gasteiger partial charge in [0, 0.05) is 6.20 Å². The number of phenolic OH excluding ortho intramolecular Hbond substituents is 1. The van der Waals surface area contributed by atoms with Crippen molar-refractivity contribution in [2.75, 3.05) is 0 Å². The summed E-state index contributed by atoms with van der Waals surface area (Å²) in [5.41, 5.74) is 1.67. The molecule has 0 aliphatic carbocycles. The number of hydrogen-bond donors (Lipinski definition) is 1. The summed E-state index contributed by atoms with van der Waals surface area (Å²) in [7, 11) is 0. The number of rotatable bonds is 3. The molecule has 3 heteroatoms. The number of aromatic nitrogens is 1. The number of nitrogens with zero attached hydrogens (tertiary/aromatic N) is 1. The van der Waals surface area contributed by atoms with Crippen LogP contribution in [0.4, 0.5) is 0 Å². The standard InChI is InChI=1S/C14H13NO2/c1-2-10-6-7-13(16)11(9-10)14(17)12-5-3-4-8-15-12/h3-9,16H,2H2,1H3. The van der Waals surface area contributed by atoms with Gasteiger partial charge in [0.15, 0.2) is 0 Å². The van der Waals surface area contributed by atoms with Crippen LogP contribution in [0.15, 0.2) is 42.6 Å². The van der Waals surface area contributed by atoms with E-state index in [1.807, 2.05) is 13.0 Å². The third kappa shape index (κ3) is 2.33. The van der Waals surface area contributed by atoms with Gasteiger partial charge >= 0.3 is 0 Å². The Morgan fingerprint density at radius 3 is 2.76 bits per heavy atom. The second kappa shape index (κ2) is 4.78. The van der Waals surface area contributed by atoms with Gasteiger partial charge in [-0.2, -0.15) is 0 Å². The number of carbonyl (C=O) groups excluding carboxylic acids is 1. The van der Waals surface area contributed by atoms with Gasteiger partial charge in [-0.25, -0.2) is 0 Å². The molecule has 0 radical (unpaired) electrons. The van der Waals surface area contributed by atoms with Crippen molar-refractivity contribution in [2.24, 2.45) is 0 Å². The topological polar surface area (TPSA) is 50.2 Å². The molecule has 0 fully saturated rings. The van der Waals surface area contributed by atoms with Gasteiger partial charge in [-0.3, -0.25) is 9.78 Å². The minimum Gasteiger partial charge on any atom is -0.507 e. The molecule has 0 atom stereocenters. The Hall–Kier alpha value is -2.16. The molecule has 0 aliphatic rings. The van der Waals surface area contributed by atoms with Crippen LogP contribution in [0.5, 0.6) is 5.75 Å². The quantitative estimate of drug-likeness (QED) is 0.820. The molecule has 1 aromatic carbocycles. The van der Waals surface area contributed by atoms with Crippen molar-refractivity contribution >= 4 is 5.78 Å². The second-order valence-electron chi connectivity index (χ2n) is 3.75. The highest BCUT2D eigenvalue weighted by atomic mass is 16.3. The Labute approximate surface area is 99.8 Å². The van der Waals surface area contributed by atoms with E-state index in [-0.39, 0.29) is 11.5 Å². The highest BCUT2D eigenvalue weighted by molar-refractivity contribution is 6.09. The zero-order valence-corrected chi connectivity index (χ0v) is 9.55. The first-order chi connectivity index (χ1) is 8.22. The molecule has 0 amide bonds. The zero-order chi connectivity index (χ0) is 12.3. The molecule has 0 bridgehead atoms. The SMILES string of the molecule is CCc1ccc(O)c(C(=O)c2ccccn2)c1. The monoisotopic (exact) mass is 227 g/mol. The van der Waals surface area contributed by atoms with Crippen molar-refractivity contribution < 1.29 is 9.90 Å². The highest BCUT2D eigenvalue weighted by Crippen LogP contribution is 2.21. The fraction of sp³-hybridized carbons (Fsp3) is 0.143. The molecule has 0 aliphatic heterocycles. The summed E-state index contributed by atoms with van der Waals surface area (Å²) in [5, 5.41) is 9.71. The Kier molecular flexibility index (Phi) is 3.19. The molecule has 0 saturated heterocycles. The normalized spacial score (nSPS) is 10.2. The van der Waals surface area contributed by atoms with Crippen LogP contribution >= 0.6 is 0 Å². The summed E-state index contributed by atoms with van der Waals surface area (Å²) in [4.78, 5) is 16.1. The molecule has 0 saturated carbocycles. The zero-order valence-electron chi connectivity index (χ0n) is 9.55. The third-order valence-corrected chi connectivity index (χ3v) is 2.61. The Morgan fingerprint density at radius 1 is 1.29 bits per heavy atom. The van der Waals surface area contributed by atoms with E-state index in [2.05, 4.69) is 4.98 Å². The third-order valence-electron chi connectivity index (χ3n) is 2.61. The average molecular weight is 227 g/mol. The summed E-state index contributed by atoms with van der Waals surface area (Å²) in [5.74, 6) is -0.253. The second-order valence-corrected chi connectivity index (χ2v) is 3.75. The molecule has 2 rings (SSSR count). The van der Waals surface area contributed by atoms with E-state index >= 15 is 0 Å². The van der Waals surface area contributed by atoms with Gasteiger partial charge in [0.25, 0.3) is 0 Å². The van der Waals surface area contributed by atoms with Crippen LogP contribution in [0.3, 0.4) is 0 Å². The molecular formula is C14H13NO2. The molecular weight excluding hydrogens is 214 g/mol. The Balaban J connectivity index is 2.44. The summed E-state index contributed by atoms with van der Waals surface area (Å²) < 4.78 is 0. The van der Waals surface area contributed by atoms with Crippen LogP contribution in [0, 0.1) is 0 Å². The smallest absolute Gasteiger partial charge is 0.215 e. The van der Waals surface area contributed by atoms with E-state index in [1.54, 1.807) is 36.5 Å². The number of hydrogen-bond acceptors (Lipinski definition) is 3. The first kappa shape index (κ1) is 11.3. The van der Waals surface area contributed by atoms with Crippen LogP contribution in [0.1, 0.15) is 28.5 Å². The summed E-state index contributed by atoms with van der Waals surface area (Å²) in [6, 6.07) is 10.2. The maximum atomic E-state index is 12.1. The van der Waals surface area contributed by atoms with Crippen molar-refractivity contribution in [2.45, 2.75) is 13.3 Å². The van der Waals surface area contributed by atoms with Crippen molar-refractivity contribution in [3.05, 3.63) is 59.4 Å². The predicted molar refractivity (Wildman–Crippen MR) is 65.2 cm³/mol. The van der Waals surface area contributed by atoms with Crippen LogP contribution in [-0.4, -0.2) is 15.9 Å². The van der Waals surface area contributed by atoms with E-state index in [4.69, 9.17) is 0 Å². The minimum atomic E-state index is -0.251. The number of aryl methyl sites for hydroxylation is 1.